The zero-order valence-corrected chi connectivity index (χ0v) is 12.6. The summed E-state index contributed by atoms with van der Waals surface area (Å²) in [4.78, 5) is 4.51. The Morgan fingerprint density at radius 2 is 1.70 bits per heavy atom. The van der Waals surface area contributed by atoms with Crippen molar-refractivity contribution in [1.29, 1.82) is 0 Å². The molecule has 1 unspecified atom stereocenters. The summed E-state index contributed by atoms with van der Waals surface area (Å²) in [5, 5.41) is 3.65. The monoisotopic (exact) mass is 268 g/mol. The smallest absolute Gasteiger partial charge is 0.0751 e. The summed E-state index contributed by atoms with van der Waals surface area (Å²) in [6.07, 6.45) is 3.00. The molecule has 2 nitrogen and oxygen atoms in total. The molecule has 106 valence electrons. The Morgan fingerprint density at radius 3 is 2.30 bits per heavy atom. The summed E-state index contributed by atoms with van der Waals surface area (Å²) in [6.45, 7) is 7.80. The predicted octanol–water partition coefficient (Wildman–Crippen LogP) is 4.20. The van der Waals surface area contributed by atoms with E-state index in [-0.39, 0.29) is 6.04 Å². The maximum absolute atomic E-state index is 4.51. The van der Waals surface area contributed by atoms with Gasteiger partial charge in [0.2, 0.25) is 0 Å². The maximum atomic E-state index is 4.51. The third-order valence-electron chi connectivity index (χ3n) is 3.34. The molecule has 1 aromatic heterocycles. The van der Waals surface area contributed by atoms with Gasteiger partial charge in [0.1, 0.15) is 0 Å². The van der Waals surface area contributed by atoms with E-state index in [1.807, 2.05) is 24.4 Å². The Kier molecular flexibility index (Phi) is 4.91. The number of hydrogen-bond acceptors (Lipinski definition) is 2. The molecule has 2 heteroatoms. The average Bonchev–Trinajstić information content (AvgIpc) is 2.44. The van der Waals surface area contributed by atoms with E-state index in [0.29, 0.717) is 5.41 Å². The topological polar surface area (TPSA) is 24.9 Å². The van der Waals surface area contributed by atoms with E-state index < -0.39 is 0 Å². The predicted molar refractivity (Wildman–Crippen MR) is 84.6 cm³/mol. The van der Waals surface area contributed by atoms with Crippen molar-refractivity contribution in [1.82, 2.24) is 10.3 Å². The molecule has 2 rings (SSSR count). The lowest BCUT2D eigenvalue weighted by Crippen LogP contribution is -2.27. The molecule has 20 heavy (non-hydrogen) atoms. The van der Waals surface area contributed by atoms with Crippen molar-refractivity contribution < 1.29 is 0 Å². The molecule has 0 amide bonds. The average molecular weight is 268 g/mol. The van der Waals surface area contributed by atoms with E-state index in [2.05, 4.69) is 61.4 Å². The van der Waals surface area contributed by atoms with Crippen LogP contribution in [-0.4, -0.2) is 11.5 Å². The van der Waals surface area contributed by atoms with Crippen molar-refractivity contribution in [3.05, 3.63) is 66.0 Å². The van der Waals surface area contributed by atoms with E-state index in [9.17, 15) is 0 Å². The van der Waals surface area contributed by atoms with Crippen LogP contribution in [0.3, 0.4) is 0 Å². The van der Waals surface area contributed by atoms with Crippen LogP contribution in [0, 0.1) is 5.41 Å². The SMILES string of the molecule is CC(C)(C)CCNC(c1ccccc1)c1ccccn1. The quantitative estimate of drug-likeness (QED) is 0.879. The van der Waals surface area contributed by atoms with Gasteiger partial charge in [-0.2, -0.15) is 0 Å². The van der Waals surface area contributed by atoms with Crippen LogP contribution in [-0.2, 0) is 0 Å². The van der Waals surface area contributed by atoms with Gasteiger partial charge in [0.15, 0.2) is 0 Å². The van der Waals surface area contributed by atoms with E-state index >= 15 is 0 Å². The Labute approximate surface area is 122 Å². The molecule has 1 N–H and O–H groups in total. The summed E-state index contributed by atoms with van der Waals surface area (Å²) in [5.74, 6) is 0. The number of pyridine rings is 1. The Morgan fingerprint density at radius 1 is 1.00 bits per heavy atom. The highest BCUT2D eigenvalue weighted by atomic mass is 14.9. The first-order valence-corrected chi connectivity index (χ1v) is 7.25. The number of nitrogens with one attached hydrogen (secondary N) is 1. The molecule has 0 aliphatic rings. The van der Waals surface area contributed by atoms with Gasteiger partial charge in [-0.15, -0.1) is 0 Å². The lowest BCUT2D eigenvalue weighted by Gasteiger charge is -2.23. The molecular formula is C18H24N2. The van der Waals surface area contributed by atoms with E-state index in [0.717, 1.165) is 18.7 Å². The van der Waals surface area contributed by atoms with E-state index in [4.69, 9.17) is 0 Å². The molecule has 1 aromatic carbocycles. The molecule has 0 fully saturated rings. The number of hydrogen-bond donors (Lipinski definition) is 1. The van der Waals surface area contributed by atoms with Crippen LogP contribution < -0.4 is 5.32 Å². The van der Waals surface area contributed by atoms with Gasteiger partial charge < -0.3 is 5.32 Å². The van der Waals surface area contributed by atoms with Crippen LogP contribution in [0.2, 0.25) is 0 Å². The van der Waals surface area contributed by atoms with Crippen LogP contribution in [0.5, 0.6) is 0 Å². The zero-order chi connectivity index (χ0) is 14.4. The van der Waals surface area contributed by atoms with Crippen LogP contribution in [0.15, 0.2) is 54.7 Å². The molecule has 1 atom stereocenters. The van der Waals surface area contributed by atoms with Crippen LogP contribution in [0.1, 0.15) is 44.5 Å². The molecule has 2 aromatic rings. The molecule has 0 bridgehead atoms. The molecule has 0 aliphatic carbocycles. The second-order valence-electron chi connectivity index (χ2n) is 6.36. The van der Waals surface area contributed by atoms with Gasteiger partial charge in [-0.25, -0.2) is 0 Å². The van der Waals surface area contributed by atoms with Crippen LogP contribution in [0.4, 0.5) is 0 Å². The van der Waals surface area contributed by atoms with Crippen LogP contribution >= 0.6 is 0 Å². The fourth-order valence-electron chi connectivity index (χ4n) is 2.18. The first-order chi connectivity index (χ1) is 9.56. The second kappa shape index (κ2) is 6.67. The van der Waals surface area contributed by atoms with Crippen molar-refractivity contribution in [3.8, 4) is 0 Å². The van der Waals surface area contributed by atoms with Crippen molar-refractivity contribution >= 4 is 0 Å². The first kappa shape index (κ1) is 14.7. The molecule has 0 saturated heterocycles. The van der Waals surface area contributed by atoms with Gasteiger partial charge in [-0.3, -0.25) is 4.98 Å². The van der Waals surface area contributed by atoms with Crippen molar-refractivity contribution in [2.45, 2.75) is 33.2 Å². The lowest BCUT2D eigenvalue weighted by atomic mass is 9.92. The van der Waals surface area contributed by atoms with Gasteiger partial charge in [0.05, 0.1) is 11.7 Å². The fraction of sp³-hybridized carbons (Fsp3) is 0.389. The maximum Gasteiger partial charge on any atom is 0.0751 e. The summed E-state index contributed by atoms with van der Waals surface area (Å²) < 4.78 is 0. The summed E-state index contributed by atoms with van der Waals surface area (Å²) >= 11 is 0. The highest BCUT2D eigenvalue weighted by Crippen LogP contribution is 2.22. The molecule has 0 saturated carbocycles. The largest absolute Gasteiger partial charge is 0.305 e. The third-order valence-corrected chi connectivity index (χ3v) is 3.34. The standard InChI is InChI=1S/C18H24N2/c1-18(2,3)12-14-20-17(15-9-5-4-6-10-15)16-11-7-8-13-19-16/h4-11,13,17,20H,12,14H2,1-3H3. The lowest BCUT2D eigenvalue weighted by molar-refractivity contribution is 0.360. The minimum atomic E-state index is 0.166. The second-order valence-corrected chi connectivity index (χ2v) is 6.36. The van der Waals surface area contributed by atoms with Gasteiger partial charge in [0, 0.05) is 6.20 Å². The molecule has 0 radical (unpaired) electrons. The van der Waals surface area contributed by atoms with Gasteiger partial charge >= 0.3 is 0 Å². The first-order valence-electron chi connectivity index (χ1n) is 7.25. The Balaban J connectivity index is 2.13. The fourth-order valence-corrected chi connectivity index (χ4v) is 2.18. The number of benzene rings is 1. The highest BCUT2D eigenvalue weighted by molar-refractivity contribution is 5.27. The van der Waals surface area contributed by atoms with Gasteiger partial charge in [-0.05, 0) is 36.1 Å². The number of rotatable bonds is 5. The zero-order valence-electron chi connectivity index (χ0n) is 12.6. The summed E-state index contributed by atoms with van der Waals surface area (Å²) in [7, 11) is 0. The van der Waals surface area contributed by atoms with E-state index in [1.54, 1.807) is 0 Å². The Hall–Kier alpha value is -1.67. The molecule has 0 spiro atoms. The van der Waals surface area contributed by atoms with Gasteiger partial charge in [-0.1, -0.05) is 57.2 Å². The minimum absolute atomic E-state index is 0.166. The Bertz CT molecular complexity index is 460. The highest BCUT2D eigenvalue weighted by Gasteiger charge is 2.16. The van der Waals surface area contributed by atoms with Crippen molar-refractivity contribution in [2.24, 2.45) is 5.41 Å². The van der Waals surface area contributed by atoms with Crippen molar-refractivity contribution in [2.75, 3.05) is 6.54 Å². The van der Waals surface area contributed by atoms with Crippen molar-refractivity contribution in [3.63, 3.8) is 0 Å². The molecule has 0 aliphatic heterocycles. The molecular weight excluding hydrogens is 244 g/mol. The minimum Gasteiger partial charge on any atom is -0.305 e. The van der Waals surface area contributed by atoms with Crippen LogP contribution in [0.25, 0.3) is 0 Å². The third kappa shape index (κ3) is 4.46. The van der Waals surface area contributed by atoms with E-state index in [1.165, 1.54) is 5.56 Å². The summed E-state index contributed by atoms with van der Waals surface area (Å²) in [6, 6.07) is 16.8. The molecule has 1 heterocycles. The summed E-state index contributed by atoms with van der Waals surface area (Å²) in [5.41, 5.74) is 2.69. The van der Waals surface area contributed by atoms with Gasteiger partial charge in [0.25, 0.3) is 0 Å². The normalized spacial score (nSPS) is 13.2. The number of nitrogens with zero attached hydrogens (tertiary/aromatic N) is 1. The number of aromatic nitrogens is 1.